The first-order chi connectivity index (χ1) is 18.9. The molecule has 0 bridgehead atoms. The lowest BCUT2D eigenvalue weighted by molar-refractivity contribution is -0.385. The number of hydrogen-bond donors (Lipinski definition) is 1. The van der Waals surface area contributed by atoms with Crippen LogP contribution in [0.5, 0.6) is 0 Å². The molecule has 41 heavy (non-hydrogen) atoms. The van der Waals surface area contributed by atoms with Crippen LogP contribution in [-0.2, 0) is 6.18 Å². The number of hydrazine groups is 1. The minimum atomic E-state index is -5.24. The number of benzene rings is 2. The fourth-order valence-corrected chi connectivity index (χ4v) is 3.96. The highest BCUT2D eigenvalue weighted by Gasteiger charge is 2.41. The lowest BCUT2D eigenvalue weighted by Crippen LogP contribution is -2.41. The highest BCUT2D eigenvalue weighted by molar-refractivity contribution is 6.48. The Labute approximate surface area is 240 Å². The maximum absolute atomic E-state index is 15.0. The summed E-state index contributed by atoms with van der Waals surface area (Å²) in [6.45, 7) is 0. The molecule has 0 spiro atoms. The van der Waals surface area contributed by atoms with Crippen LogP contribution in [0.1, 0.15) is 33.0 Å². The van der Waals surface area contributed by atoms with Gasteiger partial charge in [-0.25, -0.2) is 14.4 Å². The Morgan fingerprint density at radius 2 is 1.61 bits per heavy atom. The van der Waals surface area contributed by atoms with E-state index in [0.717, 1.165) is 36.6 Å². The molecule has 0 saturated carbocycles. The summed E-state index contributed by atoms with van der Waals surface area (Å²) in [7, 11) is 1.12. The van der Waals surface area contributed by atoms with E-state index in [1.165, 1.54) is 0 Å². The molecule has 8 nitrogen and oxygen atoms in total. The fraction of sp³-hybridized carbons (Fsp3) is 0.174. The second-order valence-electron chi connectivity index (χ2n) is 8.09. The average molecular weight is 647 g/mol. The summed E-state index contributed by atoms with van der Waals surface area (Å²) >= 11 is 17.3. The lowest BCUT2D eigenvalue weighted by atomic mass is 9.95. The van der Waals surface area contributed by atoms with Crippen LogP contribution in [0.15, 0.2) is 48.8 Å². The summed E-state index contributed by atoms with van der Waals surface area (Å²) < 4.78 is 97.9. The van der Waals surface area contributed by atoms with Gasteiger partial charge in [-0.1, -0.05) is 40.9 Å². The number of alkyl halides is 6. The van der Waals surface area contributed by atoms with Crippen LogP contribution in [0.3, 0.4) is 0 Å². The number of amides is 1. The van der Waals surface area contributed by atoms with Gasteiger partial charge in [0.05, 0.1) is 31.1 Å². The number of aromatic nitrogens is 2. The van der Waals surface area contributed by atoms with Crippen LogP contribution in [0.2, 0.25) is 15.1 Å². The second kappa shape index (κ2) is 12.0. The minimum absolute atomic E-state index is 0.0326. The van der Waals surface area contributed by atoms with Crippen molar-refractivity contribution in [1.29, 1.82) is 0 Å². The number of halogens is 10. The molecule has 0 aliphatic carbocycles. The van der Waals surface area contributed by atoms with Gasteiger partial charge in [-0.15, -0.1) is 0 Å². The Morgan fingerprint density at radius 1 is 1.05 bits per heavy atom. The SMILES string of the molecule is CN(NC(=O)c1ccc(C(F)=CC(c2cc(Cl)c(Cl)c(Cl)c2)C(F)(F)F)cc1C(F)(F)F)c1ncc([N+](=O)[O-])cn1. The number of carbonyl (C=O) groups is 1. The first-order valence-corrected chi connectivity index (χ1v) is 11.8. The average Bonchev–Trinajstić information content (AvgIpc) is 2.88. The van der Waals surface area contributed by atoms with E-state index in [9.17, 15) is 41.3 Å². The molecule has 3 aromatic rings. The Kier molecular flexibility index (Phi) is 9.35. The standard InChI is InChI=1S/C23H13Cl3F7N5O3/c1-37(21-34-8-12(9-35-21)38(40)41)36-20(39)13-3-2-10(4-15(13)23(31,32)33)18(27)7-14(22(28,29)30)11-5-16(24)19(26)17(25)6-11/h2-9,14H,1H3,(H,36,39). The summed E-state index contributed by atoms with van der Waals surface area (Å²) in [5.41, 5.74) is -2.71. The van der Waals surface area contributed by atoms with E-state index in [-0.39, 0.29) is 33.2 Å². The largest absolute Gasteiger partial charge is 0.417 e. The summed E-state index contributed by atoms with van der Waals surface area (Å²) in [6.07, 6.45) is -8.75. The van der Waals surface area contributed by atoms with Gasteiger partial charge in [-0.2, -0.15) is 26.3 Å². The van der Waals surface area contributed by atoms with E-state index in [4.69, 9.17) is 34.8 Å². The number of carbonyl (C=O) groups excluding carboxylic acids is 1. The van der Waals surface area contributed by atoms with Gasteiger partial charge in [0, 0.05) is 12.6 Å². The van der Waals surface area contributed by atoms with Gasteiger partial charge < -0.3 is 0 Å². The van der Waals surface area contributed by atoms with E-state index in [2.05, 4.69) is 9.97 Å². The third-order valence-electron chi connectivity index (χ3n) is 5.28. The number of nitrogens with zero attached hydrogens (tertiary/aromatic N) is 4. The predicted molar refractivity (Wildman–Crippen MR) is 135 cm³/mol. The van der Waals surface area contributed by atoms with Crippen molar-refractivity contribution < 1.29 is 40.5 Å². The van der Waals surface area contributed by atoms with Crippen LogP contribution in [0.25, 0.3) is 5.83 Å². The normalized spacial score (nSPS) is 13.1. The van der Waals surface area contributed by atoms with E-state index < -0.39 is 62.9 Å². The molecule has 0 fully saturated rings. The molecule has 0 aliphatic heterocycles. The van der Waals surface area contributed by atoms with Crippen molar-refractivity contribution >= 4 is 58.2 Å². The molecule has 0 saturated heterocycles. The molecular formula is C23H13Cl3F7N5O3. The van der Waals surface area contributed by atoms with Crippen LogP contribution in [-0.4, -0.2) is 34.0 Å². The Bertz CT molecular complexity index is 1490. The van der Waals surface area contributed by atoms with Gasteiger partial charge in [-0.05, 0) is 35.9 Å². The fourth-order valence-electron chi connectivity index (χ4n) is 3.35. The molecular weight excluding hydrogens is 634 g/mol. The zero-order valence-electron chi connectivity index (χ0n) is 20.0. The van der Waals surface area contributed by atoms with Crippen LogP contribution >= 0.6 is 34.8 Å². The number of nitro groups is 1. The molecule has 0 aliphatic rings. The molecule has 1 atom stereocenters. The number of rotatable bonds is 7. The van der Waals surface area contributed by atoms with Crippen molar-refractivity contribution in [2.75, 3.05) is 12.1 Å². The van der Waals surface area contributed by atoms with Crippen molar-refractivity contribution in [3.05, 3.63) is 96.2 Å². The van der Waals surface area contributed by atoms with Crippen molar-refractivity contribution in [3.8, 4) is 0 Å². The number of anilines is 1. The molecule has 218 valence electrons. The molecule has 1 amide bonds. The Hall–Kier alpha value is -3.69. The van der Waals surface area contributed by atoms with Gasteiger partial charge in [0.15, 0.2) is 0 Å². The first kappa shape index (κ1) is 31.8. The number of nitrogens with one attached hydrogen (secondary N) is 1. The highest BCUT2D eigenvalue weighted by Crippen LogP contribution is 2.42. The van der Waals surface area contributed by atoms with Crippen LogP contribution in [0, 0.1) is 10.1 Å². The van der Waals surface area contributed by atoms with Crippen molar-refractivity contribution in [3.63, 3.8) is 0 Å². The predicted octanol–water partition coefficient (Wildman–Crippen LogP) is 7.80. The van der Waals surface area contributed by atoms with Gasteiger partial charge in [0.25, 0.3) is 5.91 Å². The summed E-state index contributed by atoms with van der Waals surface area (Å²) in [4.78, 5) is 29.7. The monoisotopic (exact) mass is 645 g/mol. The summed E-state index contributed by atoms with van der Waals surface area (Å²) in [6, 6.07) is 2.98. The van der Waals surface area contributed by atoms with Crippen molar-refractivity contribution in [2.45, 2.75) is 18.3 Å². The van der Waals surface area contributed by atoms with E-state index in [1.54, 1.807) is 0 Å². The van der Waals surface area contributed by atoms with Gasteiger partial charge >= 0.3 is 18.0 Å². The topological polar surface area (TPSA) is 101 Å². The molecule has 1 heterocycles. The molecule has 1 N–H and O–H groups in total. The van der Waals surface area contributed by atoms with Crippen molar-refractivity contribution in [1.82, 2.24) is 15.4 Å². The second-order valence-corrected chi connectivity index (χ2v) is 9.28. The summed E-state index contributed by atoms with van der Waals surface area (Å²) in [5.74, 6) is -6.08. The maximum atomic E-state index is 15.0. The Morgan fingerprint density at radius 3 is 2.10 bits per heavy atom. The van der Waals surface area contributed by atoms with Crippen molar-refractivity contribution in [2.24, 2.45) is 0 Å². The lowest BCUT2D eigenvalue weighted by Gasteiger charge is -2.20. The minimum Gasteiger partial charge on any atom is -0.267 e. The third kappa shape index (κ3) is 7.54. The van der Waals surface area contributed by atoms with Gasteiger partial charge in [0.1, 0.15) is 24.1 Å². The van der Waals surface area contributed by atoms with Crippen LogP contribution < -0.4 is 10.4 Å². The maximum Gasteiger partial charge on any atom is 0.417 e. The molecule has 18 heteroatoms. The molecule has 0 radical (unpaired) electrons. The molecule has 2 aromatic carbocycles. The zero-order chi connectivity index (χ0) is 30.9. The first-order valence-electron chi connectivity index (χ1n) is 10.7. The number of allylic oxidation sites excluding steroid dienone is 1. The molecule has 1 unspecified atom stereocenters. The van der Waals surface area contributed by atoms with E-state index in [0.29, 0.717) is 12.1 Å². The van der Waals surface area contributed by atoms with Gasteiger partial charge in [-0.3, -0.25) is 25.3 Å². The van der Waals surface area contributed by atoms with E-state index >= 15 is 4.39 Å². The van der Waals surface area contributed by atoms with Crippen LogP contribution in [0.4, 0.5) is 42.4 Å². The van der Waals surface area contributed by atoms with E-state index in [1.807, 2.05) is 5.43 Å². The third-order valence-corrected chi connectivity index (χ3v) is 6.48. The highest BCUT2D eigenvalue weighted by atomic mass is 35.5. The zero-order valence-corrected chi connectivity index (χ0v) is 22.3. The molecule has 1 aromatic heterocycles. The Balaban J connectivity index is 1.98. The smallest absolute Gasteiger partial charge is 0.267 e. The van der Waals surface area contributed by atoms with Gasteiger partial charge in [0.2, 0.25) is 5.95 Å². The molecule has 3 rings (SSSR count). The quantitative estimate of drug-likeness (QED) is 0.122. The summed E-state index contributed by atoms with van der Waals surface area (Å²) in [5, 5.41) is 10.5. The number of hydrogen-bond acceptors (Lipinski definition) is 6.